The molecule has 0 aliphatic rings. The molecule has 19 heavy (non-hydrogen) atoms. The van der Waals surface area contributed by atoms with Crippen LogP contribution in [0.25, 0.3) is 0 Å². The first-order valence-corrected chi connectivity index (χ1v) is 6.82. The molecule has 0 amide bonds. The van der Waals surface area contributed by atoms with Crippen LogP contribution < -0.4 is 0 Å². The second kappa shape index (κ2) is 6.17. The Labute approximate surface area is 124 Å². The fraction of sp³-hybridized carbons (Fsp3) is 0.143. The maximum atomic E-state index is 11.4. The number of halogens is 2. The van der Waals surface area contributed by atoms with Crippen molar-refractivity contribution in [2.45, 2.75) is 12.3 Å². The van der Waals surface area contributed by atoms with Gasteiger partial charge < -0.3 is 5.11 Å². The molecule has 5 heteroatoms. The Balaban J connectivity index is 2.29. The molecule has 0 spiro atoms. The normalized spacial score (nSPS) is 12.1. The lowest BCUT2D eigenvalue weighted by Gasteiger charge is -2.13. The van der Waals surface area contributed by atoms with Gasteiger partial charge in [-0.3, -0.25) is 9.78 Å². The molecule has 1 aromatic heterocycles. The number of carboxylic acid groups (broad SMARTS) is 1. The number of carboxylic acids is 1. The quantitative estimate of drug-likeness (QED) is 0.918. The maximum absolute atomic E-state index is 11.4. The zero-order valence-corrected chi connectivity index (χ0v) is 12.2. The number of pyridine rings is 1. The third-order valence-electron chi connectivity index (χ3n) is 2.77. The summed E-state index contributed by atoms with van der Waals surface area (Å²) in [4.78, 5) is 15.6. The molecule has 3 nitrogen and oxygen atoms in total. The van der Waals surface area contributed by atoms with Crippen molar-refractivity contribution >= 4 is 33.5 Å². The number of hydrogen-bond donors (Lipinski definition) is 1. The van der Waals surface area contributed by atoms with Crippen molar-refractivity contribution < 1.29 is 9.90 Å². The number of aliphatic carboxylic acids is 1. The number of rotatable bonds is 4. The molecule has 98 valence electrons. The standard InChI is InChI=1S/C14H11BrClNO2/c15-12-2-1-7-17-13(12)11(14(18)19)8-9-3-5-10(16)6-4-9/h1-7,11H,8H2,(H,18,19). The Morgan fingerprint density at radius 1 is 1.32 bits per heavy atom. The van der Waals surface area contributed by atoms with Gasteiger partial charge in [0, 0.05) is 15.7 Å². The van der Waals surface area contributed by atoms with Crippen molar-refractivity contribution in [1.29, 1.82) is 0 Å². The zero-order valence-electron chi connectivity index (χ0n) is 9.88. The number of nitrogens with zero attached hydrogens (tertiary/aromatic N) is 1. The van der Waals surface area contributed by atoms with E-state index in [2.05, 4.69) is 20.9 Å². The lowest BCUT2D eigenvalue weighted by Crippen LogP contribution is -2.16. The molecule has 0 bridgehead atoms. The Bertz CT molecular complexity index is 586. The average molecular weight is 341 g/mol. The molecule has 0 fully saturated rings. The van der Waals surface area contributed by atoms with Crippen LogP contribution in [0.5, 0.6) is 0 Å². The van der Waals surface area contributed by atoms with Crippen LogP contribution in [0.3, 0.4) is 0 Å². The first-order valence-electron chi connectivity index (χ1n) is 5.65. The van der Waals surface area contributed by atoms with Crippen LogP contribution in [0.15, 0.2) is 47.1 Å². The summed E-state index contributed by atoms with van der Waals surface area (Å²) < 4.78 is 0.705. The van der Waals surface area contributed by atoms with Crippen molar-refractivity contribution in [2.75, 3.05) is 0 Å². The molecule has 0 saturated carbocycles. The Kier molecular flexibility index (Phi) is 4.56. The number of hydrogen-bond acceptors (Lipinski definition) is 2. The maximum Gasteiger partial charge on any atom is 0.312 e. The van der Waals surface area contributed by atoms with Crippen LogP contribution in [0.4, 0.5) is 0 Å². The lowest BCUT2D eigenvalue weighted by atomic mass is 9.96. The molecule has 1 aromatic carbocycles. The topological polar surface area (TPSA) is 50.2 Å². The molecule has 1 atom stereocenters. The van der Waals surface area contributed by atoms with Crippen LogP contribution in [0.2, 0.25) is 5.02 Å². The van der Waals surface area contributed by atoms with Crippen LogP contribution in [-0.2, 0) is 11.2 Å². The molecule has 0 radical (unpaired) electrons. The fourth-order valence-corrected chi connectivity index (χ4v) is 2.47. The van der Waals surface area contributed by atoms with E-state index in [1.165, 1.54) is 0 Å². The third kappa shape index (κ3) is 3.55. The summed E-state index contributed by atoms with van der Waals surface area (Å²) in [5.74, 6) is -1.58. The Hall–Kier alpha value is -1.39. The van der Waals surface area contributed by atoms with Gasteiger partial charge in [-0.1, -0.05) is 23.7 Å². The molecule has 0 aliphatic carbocycles. The number of carbonyl (C=O) groups is 1. The van der Waals surface area contributed by atoms with Gasteiger partial charge in [0.15, 0.2) is 0 Å². The van der Waals surface area contributed by atoms with E-state index in [-0.39, 0.29) is 0 Å². The van der Waals surface area contributed by atoms with Gasteiger partial charge in [-0.15, -0.1) is 0 Å². The first kappa shape index (κ1) is 14.0. The van der Waals surface area contributed by atoms with E-state index in [0.29, 0.717) is 21.6 Å². The second-order valence-electron chi connectivity index (χ2n) is 4.09. The minimum Gasteiger partial charge on any atom is -0.481 e. The summed E-state index contributed by atoms with van der Waals surface area (Å²) in [6, 6.07) is 10.7. The van der Waals surface area contributed by atoms with E-state index < -0.39 is 11.9 Å². The van der Waals surface area contributed by atoms with Gasteiger partial charge in [-0.25, -0.2) is 0 Å². The van der Waals surface area contributed by atoms with Crippen molar-refractivity contribution in [3.05, 3.63) is 63.3 Å². The monoisotopic (exact) mass is 339 g/mol. The van der Waals surface area contributed by atoms with Gasteiger partial charge in [0.1, 0.15) is 5.92 Å². The van der Waals surface area contributed by atoms with E-state index in [0.717, 1.165) is 5.56 Å². The fourth-order valence-electron chi connectivity index (χ4n) is 1.81. The molecule has 0 aliphatic heterocycles. The average Bonchev–Trinajstić information content (AvgIpc) is 2.39. The number of aromatic nitrogens is 1. The summed E-state index contributed by atoms with van der Waals surface area (Å²) >= 11 is 9.16. The van der Waals surface area contributed by atoms with Gasteiger partial charge in [0.05, 0.1) is 5.69 Å². The highest BCUT2D eigenvalue weighted by Crippen LogP contribution is 2.26. The van der Waals surface area contributed by atoms with Crippen molar-refractivity contribution in [3.8, 4) is 0 Å². The predicted octanol–water partition coefficient (Wildman–Crippen LogP) is 3.91. The molecule has 0 saturated heterocycles. The summed E-state index contributed by atoms with van der Waals surface area (Å²) in [7, 11) is 0. The number of benzene rings is 1. The molecule has 1 unspecified atom stereocenters. The van der Waals surface area contributed by atoms with Crippen LogP contribution in [0.1, 0.15) is 17.2 Å². The van der Waals surface area contributed by atoms with E-state index in [4.69, 9.17) is 11.6 Å². The minimum absolute atomic E-state index is 0.377. The Morgan fingerprint density at radius 2 is 2.00 bits per heavy atom. The highest BCUT2D eigenvalue weighted by Gasteiger charge is 2.23. The highest BCUT2D eigenvalue weighted by atomic mass is 79.9. The van der Waals surface area contributed by atoms with Gasteiger partial charge >= 0.3 is 5.97 Å². The molecule has 1 heterocycles. The second-order valence-corrected chi connectivity index (χ2v) is 5.38. The van der Waals surface area contributed by atoms with Crippen molar-refractivity contribution in [2.24, 2.45) is 0 Å². The molecule has 1 N–H and O–H groups in total. The van der Waals surface area contributed by atoms with E-state index >= 15 is 0 Å². The van der Waals surface area contributed by atoms with Crippen molar-refractivity contribution in [1.82, 2.24) is 4.98 Å². The van der Waals surface area contributed by atoms with Crippen LogP contribution in [0, 0.1) is 0 Å². The summed E-state index contributed by atoms with van der Waals surface area (Å²) in [6.45, 7) is 0. The van der Waals surface area contributed by atoms with Gasteiger partial charge in [-0.2, -0.15) is 0 Å². The van der Waals surface area contributed by atoms with Gasteiger partial charge in [-0.05, 0) is 52.2 Å². The van der Waals surface area contributed by atoms with E-state index in [9.17, 15) is 9.90 Å². The highest BCUT2D eigenvalue weighted by molar-refractivity contribution is 9.10. The molecule has 2 rings (SSSR count). The largest absolute Gasteiger partial charge is 0.481 e. The van der Waals surface area contributed by atoms with Crippen LogP contribution in [-0.4, -0.2) is 16.1 Å². The summed E-state index contributed by atoms with van der Waals surface area (Å²) in [6.07, 6.45) is 1.97. The first-order chi connectivity index (χ1) is 9.08. The lowest BCUT2D eigenvalue weighted by molar-refractivity contribution is -0.138. The molecule has 2 aromatic rings. The van der Waals surface area contributed by atoms with Gasteiger partial charge in [0.2, 0.25) is 0 Å². The zero-order chi connectivity index (χ0) is 13.8. The van der Waals surface area contributed by atoms with Crippen molar-refractivity contribution in [3.63, 3.8) is 0 Å². The van der Waals surface area contributed by atoms with Gasteiger partial charge in [0.25, 0.3) is 0 Å². The smallest absolute Gasteiger partial charge is 0.312 e. The van der Waals surface area contributed by atoms with E-state index in [1.54, 1.807) is 30.5 Å². The summed E-state index contributed by atoms with van der Waals surface area (Å²) in [5, 5.41) is 10.0. The molecular formula is C14H11BrClNO2. The SMILES string of the molecule is O=C(O)C(Cc1ccc(Cl)cc1)c1ncccc1Br. The summed E-state index contributed by atoms with van der Waals surface area (Å²) in [5.41, 5.74) is 1.44. The van der Waals surface area contributed by atoms with Crippen LogP contribution >= 0.6 is 27.5 Å². The van der Waals surface area contributed by atoms with E-state index in [1.807, 2.05) is 12.1 Å². The third-order valence-corrected chi connectivity index (χ3v) is 3.69. The predicted molar refractivity (Wildman–Crippen MR) is 77.5 cm³/mol. The minimum atomic E-state index is -0.894. The molecular weight excluding hydrogens is 330 g/mol. The Morgan fingerprint density at radius 3 is 2.58 bits per heavy atom.